The average Bonchev–Trinajstić information content (AvgIpc) is 2.94. The van der Waals surface area contributed by atoms with Crippen molar-refractivity contribution in [1.29, 1.82) is 0 Å². The fourth-order valence-corrected chi connectivity index (χ4v) is 4.23. The van der Waals surface area contributed by atoms with Gasteiger partial charge < -0.3 is 5.32 Å². The summed E-state index contributed by atoms with van der Waals surface area (Å²) in [5, 5.41) is 2.58. The van der Waals surface area contributed by atoms with Gasteiger partial charge in [-0.25, -0.2) is 16.8 Å². The van der Waals surface area contributed by atoms with E-state index in [1.54, 1.807) is 0 Å². The van der Waals surface area contributed by atoms with Crippen LogP contribution in [0.3, 0.4) is 0 Å². The van der Waals surface area contributed by atoms with E-state index in [0.29, 0.717) is 11.3 Å². The van der Waals surface area contributed by atoms with Crippen molar-refractivity contribution in [3.8, 4) is 0 Å². The summed E-state index contributed by atoms with van der Waals surface area (Å²) in [6.07, 6.45) is 0.0683. The number of benzene rings is 2. The number of anilines is 2. The largest absolute Gasteiger partial charge is 0.341 e. The van der Waals surface area contributed by atoms with E-state index in [9.17, 15) is 30.4 Å². The number of carbonyl (C=O) groups excluding carboxylic acids is 1. The number of rotatable bonds is 5. The zero-order valence-electron chi connectivity index (χ0n) is 12.9. The first-order valence-electron chi connectivity index (χ1n) is 7.17. The number of sulfonamides is 1. The zero-order valence-corrected chi connectivity index (χ0v) is 14.6. The maximum absolute atomic E-state index is 12.5. The Balaban J connectivity index is 1.85. The van der Waals surface area contributed by atoms with Gasteiger partial charge in [-0.1, -0.05) is 0 Å². The Morgan fingerprint density at radius 3 is 2.19 bits per heavy atom. The lowest BCUT2D eigenvalue weighted by molar-refractivity contribution is -0.115. The van der Waals surface area contributed by atoms with E-state index in [1.807, 2.05) is 0 Å². The minimum atomic E-state index is -4.75. The van der Waals surface area contributed by atoms with Crippen molar-refractivity contribution in [2.45, 2.75) is 22.0 Å². The molecule has 0 spiro atoms. The van der Waals surface area contributed by atoms with E-state index >= 15 is 0 Å². The second kappa shape index (κ2) is 6.32. The van der Waals surface area contributed by atoms with Crippen LogP contribution in [0.4, 0.5) is 20.2 Å². The molecule has 1 aliphatic rings. The lowest BCUT2D eigenvalue weighted by atomic mass is 10.2. The first-order chi connectivity index (χ1) is 12.1. The Bertz CT molecular complexity index is 1080. The number of nitrogens with one attached hydrogen (secondary N) is 2. The summed E-state index contributed by atoms with van der Waals surface area (Å²) in [6.45, 7) is 0. The second-order valence-corrected chi connectivity index (χ2v) is 9.08. The minimum absolute atomic E-state index is 0.00733. The number of fused-ring (bicyclic) bond motifs is 1. The van der Waals surface area contributed by atoms with Crippen LogP contribution in [0, 0.1) is 0 Å². The molecule has 11 heteroatoms. The van der Waals surface area contributed by atoms with Gasteiger partial charge in [0.05, 0.1) is 16.2 Å². The summed E-state index contributed by atoms with van der Waals surface area (Å²) in [5.74, 6) is -3.80. The fourth-order valence-electron chi connectivity index (χ4n) is 2.40. The third kappa shape index (κ3) is 3.40. The van der Waals surface area contributed by atoms with Crippen LogP contribution in [-0.4, -0.2) is 28.5 Å². The van der Waals surface area contributed by atoms with Crippen LogP contribution < -0.4 is 10.0 Å². The van der Waals surface area contributed by atoms with Crippen LogP contribution in [0.25, 0.3) is 0 Å². The van der Waals surface area contributed by atoms with E-state index in [2.05, 4.69) is 10.0 Å². The lowest BCUT2D eigenvalue weighted by Crippen LogP contribution is -2.14. The smallest absolute Gasteiger partial charge is 0.326 e. The third-order valence-corrected chi connectivity index (χ3v) is 6.46. The highest BCUT2D eigenvalue weighted by atomic mass is 32.2. The minimum Gasteiger partial charge on any atom is -0.326 e. The van der Waals surface area contributed by atoms with E-state index in [0.717, 1.165) is 24.3 Å². The van der Waals surface area contributed by atoms with Gasteiger partial charge >= 0.3 is 5.76 Å². The summed E-state index contributed by atoms with van der Waals surface area (Å²) in [7, 11) is -8.75. The molecule has 0 aromatic heterocycles. The molecule has 0 atom stereocenters. The standard InChI is InChI=1S/C15H12F2N2O5S2/c16-15(17)25(21,22)11-3-1-10(2-4-11)19-26(23,24)12-5-6-13-9(7-12)8-14(20)18-13/h1-7,15,19H,8H2,(H,18,20). The number of halogens is 2. The van der Waals surface area contributed by atoms with Crippen LogP contribution >= 0.6 is 0 Å². The van der Waals surface area contributed by atoms with Crippen molar-refractivity contribution in [1.82, 2.24) is 0 Å². The molecule has 2 aromatic rings. The van der Waals surface area contributed by atoms with Gasteiger partial charge in [-0.15, -0.1) is 0 Å². The molecule has 0 radical (unpaired) electrons. The molecule has 7 nitrogen and oxygen atoms in total. The summed E-state index contributed by atoms with van der Waals surface area (Å²) in [6, 6.07) is 8.06. The first-order valence-corrected chi connectivity index (χ1v) is 10.2. The van der Waals surface area contributed by atoms with Gasteiger partial charge in [-0.2, -0.15) is 8.78 Å². The number of alkyl halides is 2. The normalized spacial score (nSPS) is 14.2. The number of amides is 1. The van der Waals surface area contributed by atoms with Gasteiger partial charge in [-0.05, 0) is 48.0 Å². The summed E-state index contributed by atoms with van der Waals surface area (Å²) in [5.41, 5.74) is 1.08. The Kier molecular flexibility index (Phi) is 4.44. The van der Waals surface area contributed by atoms with E-state index in [4.69, 9.17) is 0 Å². The highest BCUT2D eigenvalue weighted by Crippen LogP contribution is 2.27. The maximum Gasteiger partial charge on any atom is 0.341 e. The molecule has 1 amide bonds. The lowest BCUT2D eigenvalue weighted by Gasteiger charge is -2.10. The molecule has 26 heavy (non-hydrogen) atoms. The Morgan fingerprint density at radius 2 is 1.58 bits per heavy atom. The predicted molar refractivity (Wildman–Crippen MR) is 89.2 cm³/mol. The molecule has 0 bridgehead atoms. The molecule has 138 valence electrons. The molecule has 0 unspecified atom stereocenters. The van der Waals surface area contributed by atoms with Crippen molar-refractivity contribution in [3.63, 3.8) is 0 Å². The number of sulfone groups is 1. The van der Waals surface area contributed by atoms with Crippen LogP contribution in [0.2, 0.25) is 0 Å². The van der Waals surface area contributed by atoms with E-state index in [1.165, 1.54) is 18.2 Å². The molecular weight excluding hydrogens is 390 g/mol. The van der Waals surface area contributed by atoms with Crippen LogP contribution in [-0.2, 0) is 31.1 Å². The summed E-state index contributed by atoms with van der Waals surface area (Å²) in [4.78, 5) is 10.6. The van der Waals surface area contributed by atoms with Crippen molar-refractivity contribution in [2.75, 3.05) is 10.0 Å². The molecule has 2 aromatic carbocycles. The molecule has 0 fully saturated rings. The van der Waals surface area contributed by atoms with Crippen molar-refractivity contribution in [2.24, 2.45) is 0 Å². The highest BCUT2D eigenvalue weighted by Gasteiger charge is 2.26. The van der Waals surface area contributed by atoms with E-state index in [-0.39, 0.29) is 22.9 Å². The van der Waals surface area contributed by atoms with Crippen molar-refractivity contribution in [3.05, 3.63) is 48.0 Å². The second-order valence-electron chi connectivity index (χ2n) is 5.48. The molecule has 2 N–H and O–H groups in total. The molecular formula is C15H12F2N2O5S2. The van der Waals surface area contributed by atoms with Crippen LogP contribution in [0.1, 0.15) is 5.56 Å². The number of hydrogen-bond donors (Lipinski definition) is 2. The molecule has 0 saturated carbocycles. The van der Waals surface area contributed by atoms with Gasteiger partial charge in [0.25, 0.3) is 10.0 Å². The summed E-state index contributed by atoms with van der Waals surface area (Å²) >= 11 is 0. The molecule has 1 aliphatic heterocycles. The summed E-state index contributed by atoms with van der Waals surface area (Å²) < 4.78 is 74.8. The Morgan fingerprint density at radius 1 is 0.962 bits per heavy atom. The fraction of sp³-hybridized carbons (Fsp3) is 0.133. The van der Waals surface area contributed by atoms with Crippen LogP contribution in [0.15, 0.2) is 52.3 Å². The Hall–Kier alpha value is -2.53. The van der Waals surface area contributed by atoms with Gasteiger partial charge in [0.2, 0.25) is 15.7 Å². The Labute approximate surface area is 148 Å². The van der Waals surface area contributed by atoms with Crippen molar-refractivity contribution < 1.29 is 30.4 Å². The topological polar surface area (TPSA) is 109 Å². The van der Waals surface area contributed by atoms with Gasteiger partial charge in [0.15, 0.2) is 0 Å². The first kappa shape index (κ1) is 18.3. The highest BCUT2D eigenvalue weighted by molar-refractivity contribution is 7.92. The van der Waals surface area contributed by atoms with Crippen LogP contribution in [0.5, 0.6) is 0 Å². The quantitative estimate of drug-likeness (QED) is 0.795. The van der Waals surface area contributed by atoms with Crippen molar-refractivity contribution >= 4 is 37.1 Å². The monoisotopic (exact) mass is 402 g/mol. The SMILES string of the molecule is O=C1Cc2cc(S(=O)(=O)Nc3ccc(S(=O)(=O)C(F)F)cc3)ccc2N1. The number of hydrogen-bond acceptors (Lipinski definition) is 5. The average molecular weight is 402 g/mol. The molecule has 0 saturated heterocycles. The van der Waals surface area contributed by atoms with Gasteiger partial charge in [-0.3, -0.25) is 9.52 Å². The molecule has 0 aliphatic carbocycles. The molecule has 3 rings (SSSR count). The zero-order chi connectivity index (χ0) is 19.1. The maximum atomic E-state index is 12.5. The van der Waals surface area contributed by atoms with Gasteiger partial charge in [0.1, 0.15) is 0 Å². The third-order valence-electron chi connectivity index (χ3n) is 3.68. The van der Waals surface area contributed by atoms with E-state index < -0.39 is 30.5 Å². The number of carbonyl (C=O) groups is 1. The predicted octanol–water partition coefficient (Wildman–Crippen LogP) is 1.98. The molecule has 1 heterocycles. The van der Waals surface area contributed by atoms with Gasteiger partial charge in [0, 0.05) is 11.4 Å².